The largest absolute Gasteiger partial charge is 1.00 e. The smallest absolute Gasteiger partial charge is 0.507 e. The second kappa shape index (κ2) is 12.4. The van der Waals surface area contributed by atoms with E-state index in [1.165, 1.54) is 30.3 Å². The SMILES string of the molecule is O=S(=O)(O)c1ccc(N=Nc2ccc(O)c(C=Nc3cc(Cl)cc(S(=O)(=O)O)c3O)c2)cc1.[Cr].[Na+]. The van der Waals surface area contributed by atoms with Gasteiger partial charge in [-0.2, -0.15) is 27.1 Å². The molecule has 3 aromatic carbocycles. The fourth-order valence-corrected chi connectivity index (χ4v) is 3.88. The summed E-state index contributed by atoms with van der Waals surface area (Å²) < 4.78 is 63.0. The van der Waals surface area contributed by atoms with Crippen molar-refractivity contribution in [1.29, 1.82) is 0 Å². The summed E-state index contributed by atoms with van der Waals surface area (Å²) in [5, 5.41) is 27.9. The van der Waals surface area contributed by atoms with Gasteiger partial charge in [0.2, 0.25) is 0 Å². The Balaban J connectivity index is 0.00000306. The number of rotatable bonds is 6. The maximum absolute atomic E-state index is 11.4. The molecule has 0 heterocycles. The van der Waals surface area contributed by atoms with Gasteiger partial charge in [-0.25, -0.2) is 0 Å². The summed E-state index contributed by atoms with van der Waals surface area (Å²) in [6.07, 6.45) is 1.11. The number of phenolic OH excluding ortho intramolecular Hbond substituents is 2. The Morgan fingerprint density at radius 2 is 1.37 bits per heavy atom. The van der Waals surface area contributed by atoms with E-state index in [1.807, 2.05) is 0 Å². The zero-order valence-electron chi connectivity index (χ0n) is 17.6. The van der Waals surface area contributed by atoms with Gasteiger partial charge in [-0.3, -0.25) is 14.1 Å². The van der Waals surface area contributed by atoms with Crippen LogP contribution >= 0.6 is 11.6 Å². The topological polar surface area (TPSA) is 186 Å². The van der Waals surface area contributed by atoms with Crippen LogP contribution in [0.1, 0.15) is 5.56 Å². The molecule has 178 valence electrons. The summed E-state index contributed by atoms with van der Waals surface area (Å²) in [4.78, 5) is 2.79. The van der Waals surface area contributed by atoms with Crippen molar-refractivity contribution < 1.29 is 83.1 Å². The van der Waals surface area contributed by atoms with Gasteiger partial charge in [0.1, 0.15) is 16.3 Å². The number of halogens is 1. The number of azo groups is 1. The van der Waals surface area contributed by atoms with Gasteiger partial charge in [0.05, 0.1) is 16.3 Å². The van der Waals surface area contributed by atoms with E-state index < -0.39 is 30.9 Å². The molecule has 35 heavy (non-hydrogen) atoms. The number of aromatic hydroxyl groups is 2. The zero-order valence-corrected chi connectivity index (χ0v) is 23.3. The third-order valence-electron chi connectivity index (χ3n) is 4.07. The molecule has 0 unspecified atom stereocenters. The predicted octanol–water partition coefficient (Wildman–Crippen LogP) is 1.41. The van der Waals surface area contributed by atoms with Crippen molar-refractivity contribution in [3.63, 3.8) is 0 Å². The fourth-order valence-electron chi connectivity index (χ4n) is 2.50. The summed E-state index contributed by atoms with van der Waals surface area (Å²) in [7, 11) is -9.08. The molecule has 0 amide bonds. The van der Waals surface area contributed by atoms with Crippen LogP contribution in [0.3, 0.4) is 0 Å². The van der Waals surface area contributed by atoms with Gasteiger partial charge in [-0.05, 0) is 54.6 Å². The maximum atomic E-state index is 11.4. The van der Waals surface area contributed by atoms with Crippen LogP contribution in [-0.4, -0.2) is 42.4 Å². The number of aliphatic imine (C=N–C) groups is 1. The molecule has 0 bridgehead atoms. The van der Waals surface area contributed by atoms with Crippen LogP contribution in [0, 0.1) is 0 Å². The Hall–Kier alpha value is -1.83. The van der Waals surface area contributed by atoms with Crippen LogP contribution in [0.15, 0.2) is 79.6 Å². The van der Waals surface area contributed by atoms with Crippen molar-refractivity contribution >= 4 is 55.1 Å². The van der Waals surface area contributed by atoms with Crippen molar-refractivity contribution in [1.82, 2.24) is 0 Å². The number of hydrogen-bond acceptors (Lipinski definition) is 9. The van der Waals surface area contributed by atoms with Crippen molar-refractivity contribution in [2.45, 2.75) is 9.79 Å². The number of benzene rings is 3. The summed E-state index contributed by atoms with van der Waals surface area (Å²) in [6, 6.07) is 11.0. The molecule has 0 aliphatic carbocycles. The summed E-state index contributed by atoms with van der Waals surface area (Å²) in [6.45, 7) is 0. The van der Waals surface area contributed by atoms with Gasteiger partial charge in [-0.1, -0.05) is 11.6 Å². The first-order valence-corrected chi connectivity index (χ1v) is 12.0. The Morgan fingerprint density at radius 3 is 1.94 bits per heavy atom. The van der Waals surface area contributed by atoms with E-state index in [-0.39, 0.29) is 85.2 Å². The van der Waals surface area contributed by atoms with Crippen molar-refractivity contribution in [2.75, 3.05) is 0 Å². The average Bonchev–Trinajstić information content (AvgIpc) is 2.73. The summed E-state index contributed by atoms with van der Waals surface area (Å²) >= 11 is 5.82. The number of nitrogens with zero attached hydrogens (tertiary/aromatic N) is 3. The molecule has 0 saturated carbocycles. The third-order valence-corrected chi connectivity index (χ3v) is 6.02. The fraction of sp³-hybridized carbons (Fsp3) is 0. The minimum Gasteiger partial charge on any atom is -0.507 e. The Bertz CT molecular complexity index is 1500. The van der Waals surface area contributed by atoms with Gasteiger partial charge >= 0.3 is 29.6 Å². The van der Waals surface area contributed by atoms with Crippen molar-refractivity contribution in [3.05, 3.63) is 65.2 Å². The Labute approximate surface area is 238 Å². The molecule has 0 spiro atoms. The van der Waals surface area contributed by atoms with Gasteiger partial charge in [0.25, 0.3) is 20.2 Å². The minimum atomic E-state index is -4.75. The molecule has 0 radical (unpaired) electrons. The van der Waals surface area contributed by atoms with Crippen LogP contribution in [0.2, 0.25) is 5.02 Å². The quantitative estimate of drug-likeness (QED) is 0.144. The molecule has 3 rings (SSSR count). The molecule has 0 aliphatic heterocycles. The van der Waals surface area contributed by atoms with Crippen LogP contribution < -0.4 is 29.6 Å². The average molecular weight is 587 g/mol. The first-order chi connectivity index (χ1) is 15.3. The monoisotopic (exact) mass is 586 g/mol. The standard InChI is InChI=1S/C19H14ClN3O8S2.Cr.Na/c20-12-8-16(19(25)18(9-12)33(29,30)31)21-10-11-7-14(3-6-17(11)24)23-22-13-1-4-15(5-2-13)32(26,27)28;;/h1-10,24-25H,(H,26,27,28)(H,29,30,31);;/q;;+1. The maximum Gasteiger partial charge on any atom is 1.00 e. The summed E-state index contributed by atoms with van der Waals surface area (Å²) in [5.41, 5.74) is 0.399. The molecule has 0 aliphatic rings. The van der Waals surface area contributed by atoms with E-state index in [2.05, 4.69) is 15.2 Å². The van der Waals surface area contributed by atoms with Crippen molar-refractivity contribution in [3.8, 4) is 11.5 Å². The van der Waals surface area contributed by atoms with Crippen LogP contribution in [0.4, 0.5) is 17.1 Å². The van der Waals surface area contributed by atoms with E-state index in [4.69, 9.17) is 16.2 Å². The molecule has 4 N–H and O–H groups in total. The minimum absolute atomic E-state index is 0. The van der Waals surface area contributed by atoms with Gasteiger partial charge in [0.15, 0.2) is 5.75 Å². The molecular weight excluding hydrogens is 573 g/mol. The molecule has 0 fully saturated rings. The number of hydrogen-bond donors (Lipinski definition) is 4. The summed E-state index contributed by atoms with van der Waals surface area (Å²) in [5.74, 6) is -1.05. The molecule has 0 aromatic heterocycles. The van der Waals surface area contributed by atoms with E-state index in [0.717, 1.165) is 30.5 Å². The van der Waals surface area contributed by atoms with Gasteiger partial charge in [0, 0.05) is 34.2 Å². The van der Waals surface area contributed by atoms with E-state index >= 15 is 0 Å². The first kappa shape index (κ1) is 31.2. The third kappa shape index (κ3) is 8.37. The molecule has 16 heteroatoms. The molecule has 11 nitrogen and oxygen atoms in total. The molecule has 0 atom stereocenters. The Morgan fingerprint density at radius 1 is 0.800 bits per heavy atom. The zero-order chi connectivity index (χ0) is 24.4. The Kier molecular flexibility index (Phi) is 11.1. The predicted molar refractivity (Wildman–Crippen MR) is 119 cm³/mol. The first-order valence-electron chi connectivity index (χ1n) is 8.71. The molecule has 3 aromatic rings. The van der Waals surface area contributed by atoms with E-state index in [0.29, 0.717) is 0 Å². The second-order valence-electron chi connectivity index (χ2n) is 6.42. The van der Waals surface area contributed by atoms with Gasteiger partial charge < -0.3 is 10.2 Å². The molecular formula is C19H14ClCrN3NaO8S2+. The normalized spacial score (nSPS) is 11.9. The number of phenols is 2. The van der Waals surface area contributed by atoms with Crippen molar-refractivity contribution in [2.24, 2.45) is 15.2 Å². The molecule has 0 saturated heterocycles. The van der Waals surface area contributed by atoms with Gasteiger partial charge in [-0.15, -0.1) is 0 Å². The van der Waals surface area contributed by atoms with Crippen LogP contribution in [0.25, 0.3) is 0 Å². The van der Waals surface area contributed by atoms with Crippen LogP contribution in [0.5, 0.6) is 11.5 Å². The van der Waals surface area contributed by atoms with E-state index in [9.17, 15) is 31.6 Å². The van der Waals surface area contributed by atoms with E-state index in [1.54, 1.807) is 0 Å². The van der Waals surface area contributed by atoms with Crippen LogP contribution in [-0.2, 0) is 37.6 Å². The second-order valence-corrected chi connectivity index (χ2v) is 9.66.